The van der Waals surface area contributed by atoms with Crippen molar-refractivity contribution < 1.29 is 34.3 Å². The van der Waals surface area contributed by atoms with E-state index in [9.17, 15) is 0 Å². The molecule has 12 heteroatoms. The van der Waals surface area contributed by atoms with Gasteiger partial charge in [0.2, 0.25) is 0 Å². The summed E-state index contributed by atoms with van der Waals surface area (Å²) >= 11 is 0. The zero-order valence-corrected chi connectivity index (χ0v) is 17.2. The Morgan fingerprint density at radius 1 is 0.643 bits per heavy atom. The average Bonchev–Trinajstić information content (AvgIpc) is 2.72. The molecule has 0 unspecified atom stereocenters. The molecule has 0 aromatic carbocycles. The van der Waals surface area contributed by atoms with E-state index in [0.717, 1.165) is 26.3 Å². The van der Waals surface area contributed by atoms with Gasteiger partial charge in [-0.25, -0.2) is 0 Å². The van der Waals surface area contributed by atoms with Crippen molar-refractivity contribution in [3.8, 4) is 0 Å². The van der Waals surface area contributed by atoms with E-state index < -0.39 is 0 Å². The molecular weight excluding hydrogens is 374 g/mol. The Kier molecular flexibility index (Phi) is 51.3. The van der Waals surface area contributed by atoms with Gasteiger partial charge in [-0.2, -0.15) is 0 Å². The summed E-state index contributed by atoms with van der Waals surface area (Å²) in [4.78, 5) is 0. The van der Waals surface area contributed by atoms with Gasteiger partial charge in [-0.15, -0.1) is 0 Å². The highest BCUT2D eigenvalue weighted by Crippen LogP contribution is 1.76. The topological polar surface area (TPSA) is 223 Å². The first-order chi connectivity index (χ1) is 13.2. The van der Waals surface area contributed by atoms with Crippen molar-refractivity contribution in [3.63, 3.8) is 0 Å². The van der Waals surface area contributed by atoms with Gasteiger partial charge >= 0.3 is 0 Å². The Morgan fingerprint density at radius 2 is 0.964 bits per heavy atom. The lowest BCUT2D eigenvalue weighted by Gasteiger charge is -2.10. The SMILES string of the molecule is C1COCCN1.N.NCCOCCN.NCCOCCO.OCCOCCO. The van der Waals surface area contributed by atoms with Crippen molar-refractivity contribution in [2.45, 2.75) is 0 Å². The molecule has 0 amide bonds. The monoisotopic (exact) mass is 419 g/mol. The summed E-state index contributed by atoms with van der Waals surface area (Å²) < 4.78 is 19.3. The van der Waals surface area contributed by atoms with Crippen molar-refractivity contribution in [1.82, 2.24) is 11.5 Å². The number of aliphatic hydroxyl groups is 3. The molecule has 1 saturated heterocycles. The molecule has 0 atom stereocenters. The van der Waals surface area contributed by atoms with E-state index in [4.69, 9.17) is 46.7 Å². The van der Waals surface area contributed by atoms with E-state index in [1.54, 1.807) is 0 Å². The summed E-state index contributed by atoms with van der Waals surface area (Å²) in [5.74, 6) is 0. The van der Waals surface area contributed by atoms with Crippen molar-refractivity contribution in [3.05, 3.63) is 0 Å². The standard InChI is InChI=1S/C4H12N2O.C4H11NO2.C4H9NO.C4H10O3.H3N/c2*5-1-3-7-4-2-6;1-3-6-4-2-5-1;5-1-3-7-4-2-6;/h1-6H2;6H,1-5H2;5H,1-4H2;5-6H,1-4H2;1H3. The largest absolute Gasteiger partial charge is 0.394 e. The average molecular weight is 420 g/mol. The van der Waals surface area contributed by atoms with E-state index in [1.165, 1.54) is 0 Å². The number of hydrogen-bond acceptors (Lipinski definition) is 12. The first-order valence-corrected chi connectivity index (χ1v) is 9.19. The van der Waals surface area contributed by atoms with Crippen molar-refractivity contribution in [2.75, 3.05) is 105 Å². The minimum absolute atomic E-state index is 0. The fourth-order valence-electron chi connectivity index (χ4n) is 1.27. The first-order valence-electron chi connectivity index (χ1n) is 9.19. The third-order valence-corrected chi connectivity index (χ3v) is 2.34. The smallest absolute Gasteiger partial charge is 0.0698 e. The maximum absolute atomic E-state index is 8.13. The third-order valence-electron chi connectivity index (χ3n) is 2.34. The Morgan fingerprint density at radius 3 is 1.18 bits per heavy atom. The zero-order chi connectivity index (χ0) is 20.8. The van der Waals surface area contributed by atoms with Crippen LogP contribution in [0.15, 0.2) is 0 Å². The molecule has 0 radical (unpaired) electrons. The lowest BCUT2D eigenvalue weighted by molar-refractivity contribution is 0.0650. The van der Waals surface area contributed by atoms with Gasteiger partial charge in [-0.1, -0.05) is 0 Å². The highest BCUT2D eigenvalue weighted by Gasteiger charge is 1.93. The second-order valence-corrected chi connectivity index (χ2v) is 4.74. The van der Waals surface area contributed by atoms with Crippen LogP contribution >= 0.6 is 0 Å². The minimum atomic E-state index is 0. The molecule has 1 heterocycles. The van der Waals surface area contributed by atoms with Gasteiger partial charge in [-0.3, -0.25) is 0 Å². The predicted molar refractivity (Wildman–Crippen MR) is 110 cm³/mol. The van der Waals surface area contributed by atoms with Crippen LogP contribution in [0.3, 0.4) is 0 Å². The van der Waals surface area contributed by atoms with Gasteiger partial charge in [0.05, 0.1) is 72.7 Å². The van der Waals surface area contributed by atoms with Crippen LogP contribution in [-0.4, -0.2) is 121 Å². The van der Waals surface area contributed by atoms with E-state index >= 15 is 0 Å². The van der Waals surface area contributed by atoms with Crippen LogP contribution in [0.1, 0.15) is 0 Å². The lowest BCUT2D eigenvalue weighted by atomic mass is 10.5. The van der Waals surface area contributed by atoms with Gasteiger partial charge < -0.3 is 62.9 Å². The Bertz CT molecular complexity index is 173. The van der Waals surface area contributed by atoms with Gasteiger partial charge in [0.15, 0.2) is 0 Å². The van der Waals surface area contributed by atoms with Crippen LogP contribution in [0.25, 0.3) is 0 Å². The van der Waals surface area contributed by atoms with Gasteiger partial charge in [-0.05, 0) is 0 Å². The summed E-state index contributed by atoms with van der Waals surface area (Å²) in [5, 5.41) is 27.5. The summed E-state index contributed by atoms with van der Waals surface area (Å²) in [5.41, 5.74) is 15.3. The number of morpholine rings is 1. The van der Waals surface area contributed by atoms with E-state index in [0.29, 0.717) is 59.3 Å². The highest BCUT2D eigenvalue weighted by atomic mass is 16.5. The molecule has 1 aliphatic rings. The molecular formula is C16H45N5O7. The molecule has 13 N–H and O–H groups in total. The van der Waals surface area contributed by atoms with Crippen molar-refractivity contribution in [2.24, 2.45) is 17.2 Å². The molecule has 0 aromatic heterocycles. The quantitative estimate of drug-likeness (QED) is 0.145. The number of nitrogens with two attached hydrogens (primary N) is 3. The molecule has 28 heavy (non-hydrogen) atoms. The second kappa shape index (κ2) is 41.0. The number of nitrogens with one attached hydrogen (secondary N) is 1. The Balaban J connectivity index is -0.000000136. The maximum atomic E-state index is 8.13. The van der Waals surface area contributed by atoms with E-state index in [2.05, 4.69) is 10.1 Å². The number of aliphatic hydroxyl groups excluding tert-OH is 3. The molecule has 1 rings (SSSR count). The third kappa shape index (κ3) is 50.0. The Labute approximate surface area is 169 Å². The molecule has 0 bridgehead atoms. The predicted octanol–water partition coefficient (Wildman–Crippen LogP) is -3.37. The van der Waals surface area contributed by atoms with Crippen LogP contribution in [-0.2, 0) is 18.9 Å². The van der Waals surface area contributed by atoms with Gasteiger partial charge in [0.1, 0.15) is 0 Å². The van der Waals surface area contributed by atoms with Crippen LogP contribution < -0.4 is 28.7 Å². The van der Waals surface area contributed by atoms with Crippen LogP contribution in [0.5, 0.6) is 0 Å². The van der Waals surface area contributed by atoms with Crippen LogP contribution in [0.4, 0.5) is 0 Å². The summed E-state index contributed by atoms with van der Waals surface area (Å²) in [6.07, 6.45) is 0. The molecule has 0 aromatic rings. The van der Waals surface area contributed by atoms with Crippen molar-refractivity contribution >= 4 is 0 Å². The second-order valence-electron chi connectivity index (χ2n) is 4.74. The summed E-state index contributed by atoms with van der Waals surface area (Å²) in [6.45, 7) is 8.49. The minimum Gasteiger partial charge on any atom is -0.394 e. The molecule has 176 valence electrons. The molecule has 0 saturated carbocycles. The number of hydrogen-bond donors (Lipinski definition) is 8. The van der Waals surface area contributed by atoms with Gasteiger partial charge in [0.25, 0.3) is 0 Å². The molecule has 0 spiro atoms. The lowest BCUT2D eigenvalue weighted by Crippen LogP contribution is -2.30. The fourth-order valence-corrected chi connectivity index (χ4v) is 1.27. The maximum Gasteiger partial charge on any atom is 0.0698 e. The molecule has 12 nitrogen and oxygen atoms in total. The fraction of sp³-hybridized carbons (Fsp3) is 1.00. The molecule has 0 aliphatic carbocycles. The number of ether oxygens (including phenoxy) is 4. The van der Waals surface area contributed by atoms with Crippen LogP contribution in [0, 0.1) is 0 Å². The summed E-state index contributed by atoms with van der Waals surface area (Å²) in [7, 11) is 0. The Hall–Kier alpha value is -0.480. The zero-order valence-electron chi connectivity index (χ0n) is 17.2. The highest BCUT2D eigenvalue weighted by molar-refractivity contribution is 4.49. The van der Waals surface area contributed by atoms with Crippen molar-refractivity contribution in [1.29, 1.82) is 0 Å². The van der Waals surface area contributed by atoms with E-state index in [-0.39, 0.29) is 26.0 Å². The molecule has 1 aliphatic heterocycles. The van der Waals surface area contributed by atoms with E-state index in [1.807, 2.05) is 0 Å². The summed E-state index contributed by atoms with van der Waals surface area (Å²) in [6, 6.07) is 0. The van der Waals surface area contributed by atoms with Gasteiger partial charge in [0, 0.05) is 32.7 Å². The first kappa shape index (κ1) is 35.0. The number of rotatable bonds is 12. The molecule has 1 fully saturated rings. The van der Waals surface area contributed by atoms with Crippen LogP contribution in [0.2, 0.25) is 0 Å². The normalized spacial score (nSPS) is 12.2.